The number of ether oxygens (including phenoxy) is 2. The SMILES string of the molecule is COc1ccc(C2CCC(CN(C(=O)C3CCC(OC(=O)N4CC(O)C4(C)C)CC3)c3cc(-c4coc(C(C)C)n4)ccn3)CC2)nc1C. The molecule has 0 aromatic carbocycles. The number of carbonyl (C=O) groups is 2. The van der Waals surface area contributed by atoms with Crippen molar-refractivity contribution in [3.05, 3.63) is 54.0 Å². The smallest absolute Gasteiger partial charge is 0.410 e. The van der Waals surface area contributed by atoms with Crippen LogP contribution in [0.4, 0.5) is 10.6 Å². The van der Waals surface area contributed by atoms with Crippen LogP contribution in [0.2, 0.25) is 0 Å². The number of aryl methyl sites for hydroxylation is 1. The molecule has 0 radical (unpaired) electrons. The highest BCUT2D eigenvalue weighted by Gasteiger charge is 2.49. The molecule has 1 N–H and O–H groups in total. The molecule has 3 aromatic heterocycles. The largest absolute Gasteiger partial charge is 0.495 e. The molecule has 2 amide bonds. The van der Waals surface area contributed by atoms with Crippen LogP contribution in [0.15, 0.2) is 41.1 Å². The molecule has 11 nitrogen and oxygen atoms in total. The van der Waals surface area contributed by atoms with E-state index in [9.17, 15) is 14.7 Å². The van der Waals surface area contributed by atoms with E-state index in [1.165, 1.54) is 0 Å². The minimum absolute atomic E-state index is 0.0685. The molecule has 4 heterocycles. The first kappa shape index (κ1) is 34.9. The molecular weight excluding hydrogens is 622 g/mol. The fourth-order valence-corrected chi connectivity index (χ4v) is 7.48. The third kappa shape index (κ3) is 7.46. The number of aromatic nitrogens is 3. The summed E-state index contributed by atoms with van der Waals surface area (Å²) in [5.41, 5.74) is 2.97. The molecule has 3 fully saturated rings. The zero-order chi connectivity index (χ0) is 34.9. The molecule has 2 aliphatic carbocycles. The van der Waals surface area contributed by atoms with Crippen molar-refractivity contribution >= 4 is 17.8 Å². The van der Waals surface area contributed by atoms with Crippen LogP contribution in [0, 0.1) is 18.8 Å². The van der Waals surface area contributed by atoms with Crippen LogP contribution in [-0.2, 0) is 9.53 Å². The van der Waals surface area contributed by atoms with Crippen molar-refractivity contribution in [2.45, 2.75) is 116 Å². The van der Waals surface area contributed by atoms with Gasteiger partial charge in [-0.15, -0.1) is 0 Å². The number of oxazole rings is 1. The van der Waals surface area contributed by atoms with Gasteiger partial charge in [-0.3, -0.25) is 19.6 Å². The number of carbonyl (C=O) groups excluding carboxylic acids is 2. The number of nitrogens with zero attached hydrogens (tertiary/aromatic N) is 5. The maximum atomic E-state index is 14.4. The lowest BCUT2D eigenvalue weighted by Gasteiger charge is -2.51. The highest BCUT2D eigenvalue weighted by molar-refractivity contribution is 5.94. The number of β-amino-alcohol motifs (C(OH)–C–C–N with tert-alkyl or cyclic N) is 1. The molecule has 1 atom stereocenters. The summed E-state index contributed by atoms with van der Waals surface area (Å²) in [6.07, 6.45) is 8.75. The molecule has 3 aromatic rings. The van der Waals surface area contributed by atoms with Crippen molar-refractivity contribution in [1.29, 1.82) is 0 Å². The van der Waals surface area contributed by atoms with E-state index in [0.29, 0.717) is 55.8 Å². The number of hydrogen-bond acceptors (Lipinski definition) is 9. The molecule has 1 unspecified atom stereocenters. The number of hydrogen-bond donors (Lipinski definition) is 1. The van der Waals surface area contributed by atoms with Crippen molar-refractivity contribution in [3.8, 4) is 17.0 Å². The summed E-state index contributed by atoms with van der Waals surface area (Å²) in [6, 6.07) is 7.94. The highest BCUT2D eigenvalue weighted by atomic mass is 16.6. The summed E-state index contributed by atoms with van der Waals surface area (Å²) >= 11 is 0. The summed E-state index contributed by atoms with van der Waals surface area (Å²) in [4.78, 5) is 44.9. The van der Waals surface area contributed by atoms with Gasteiger partial charge in [0.05, 0.1) is 31.0 Å². The second-order valence-electron chi connectivity index (χ2n) is 15.0. The molecule has 49 heavy (non-hydrogen) atoms. The maximum Gasteiger partial charge on any atom is 0.410 e. The predicted molar refractivity (Wildman–Crippen MR) is 185 cm³/mol. The number of likely N-dealkylation sites (tertiary alicyclic amines) is 1. The van der Waals surface area contributed by atoms with Gasteiger partial charge in [0, 0.05) is 41.8 Å². The van der Waals surface area contributed by atoms with Crippen LogP contribution in [0.25, 0.3) is 11.3 Å². The minimum atomic E-state index is -0.627. The number of amides is 2. The van der Waals surface area contributed by atoms with Gasteiger partial charge >= 0.3 is 6.09 Å². The van der Waals surface area contributed by atoms with E-state index in [-0.39, 0.29) is 30.4 Å². The fraction of sp³-hybridized carbons (Fsp3) is 0.605. The Morgan fingerprint density at radius 1 is 1.06 bits per heavy atom. The van der Waals surface area contributed by atoms with Crippen molar-refractivity contribution in [3.63, 3.8) is 0 Å². The zero-order valence-electron chi connectivity index (χ0n) is 29.7. The van der Waals surface area contributed by atoms with Crippen LogP contribution in [0.1, 0.15) is 108 Å². The van der Waals surface area contributed by atoms with E-state index in [2.05, 4.69) is 11.1 Å². The van der Waals surface area contributed by atoms with Crippen molar-refractivity contribution < 1.29 is 28.6 Å². The first-order valence-electron chi connectivity index (χ1n) is 17.9. The van der Waals surface area contributed by atoms with Gasteiger partial charge in [-0.1, -0.05) is 13.8 Å². The monoisotopic (exact) mass is 673 g/mol. The van der Waals surface area contributed by atoms with Gasteiger partial charge in [0.25, 0.3) is 0 Å². The van der Waals surface area contributed by atoms with E-state index in [1.807, 2.05) is 57.7 Å². The number of anilines is 1. The average Bonchev–Trinajstić information content (AvgIpc) is 3.61. The van der Waals surface area contributed by atoms with E-state index < -0.39 is 17.7 Å². The minimum Gasteiger partial charge on any atom is -0.495 e. The number of aliphatic hydroxyl groups is 1. The summed E-state index contributed by atoms with van der Waals surface area (Å²) in [5.74, 6) is 2.86. The molecule has 1 aliphatic heterocycles. The van der Waals surface area contributed by atoms with Crippen molar-refractivity contribution in [1.82, 2.24) is 19.9 Å². The lowest BCUT2D eigenvalue weighted by Crippen LogP contribution is -2.69. The van der Waals surface area contributed by atoms with Gasteiger partial charge < -0.3 is 19.0 Å². The highest BCUT2D eigenvalue weighted by Crippen LogP contribution is 2.38. The van der Waals surface area contributed by atoms with Crippen molar-refractivity contribution in [2.75, 3.05) is 25.1 Å². The van der Waals surface area contributed by atoms with E-state index in [0.717, 1.165) is 54.1 Å². The molecule has 2 saturated carbocycles. The Balaban J connectivity index is 1.15. The Labute approximate surface area is 289 Å². The Morgan fingerprint density at radius 3 is 2.41 bits per heavy atom. The van der Waals surface area contributed by atoms with Crippen LogP contribution in [0.3, 0.4) is 0 Å². The van der Waals surface area contributed by atoms with Gasteiger partial charge in [0.2, 0.25) is 5.91 Å². The molecule has 6 rings (SSSR count). The van der Waals surface area contributed by atoms with Crippen LogP contribution in [0.5, 0.6) is 5.75 Å². The lowest BCUT2D eigenvalue weighted by molar-refractivity contribution is -0.125. The Hall–Kier alpha value is -3.99. The molecule has 264 valence electrons. The number of pyridine rings is 2. The fourth-order valence-electron chi connectivity index (χ4n) is 7.48. The quantitative estimate of drug-likeness (QED) is 0.254. The standard InChI is InChI=1S/C38H51N5O6/c1-23(2)35-41-31(22-48-35)28-17-18-39-34(19-28)42(20-25-7-9-26(10-8-25)30-15-16-32(47-6)24(3)40-30)36(45)27-11-13-29(14-12-27)49-37(46)43-21-33(44)38(43,4)5/h15-19,22-23,25-27,29,33,44H,7-14,20-21H2,1-6H3. The lowest BCUT2D eigenvalue weighted by atomic mass is 9.79. The van der Waals surface area contributed by atoms with Crippen LogP contribution < -0.4 is 9.64 Å². The van der Waals surface area contributed by atoms with Crippen LogP contribution >= 0.6 is 0 Å². The van der Waals surface area contributed by atoms with Gasteiger partial charge in [-0.05, 0) is 102 Å². The van der Waals surface area contributed by atoms with Gasteiger partial charge in [0.15, 0.2) is 5.89 Å². The normalized spacial score (nSPS) is 25.1. The third-order valence-corrected chi connectivity index (χ3v) is 11.0. The first-order valence-corrected chi connectivity index (χ1v) is 17.9. The zero-order valence-corrected chi connectivity index (χ0v) is 29.7. The van der Waals surface area contributed by atoms with Crippen molar-refractivity contribution in [2.24, 2.45) is 11.8 Å². The number of rotatable bonds is 9. The molecule has 11 heteroatoms. The first-order chi connectivity index (χ1) is 23.4. The number of methoxy groups -OCH3 is 1. The van der Waals surface area contributed by atoms with Crippen LogP contribution in [-0.4, -0.2) is 74.9 Å². The summed E-state index contributed by atoms with van der Waals surface area (Å²) in [6.45, 7) is 10.6. The third-order valence-electron chi connectivity index (χ3n) is 11.0. The summed E-state index contributed by atoms with van der Waals surface area (Å²) < 4.78 is 17.0. The molecular formula is C38H51N5O6. The Bertz CT molecular complexity index is 1620. The second kappa shape index (κ2) is 14.5. The maximum absolute atomic E-state index is 14.4. The Kier molecular flexibility index (Phi) is 10.3. The number of aliphatic hydroxyl groups excluding tert-OH is 1. The summed E-state index contributed by atoms with van der Waals surface area (Å²) in [7, 11) is 1.67. The second-order valence-corrected chi connectivity index (χ2v) is 15.0. The Morgan fingerprint density at radius 2 is 1.80 bits per heavy atom. The van der Waals surface area contributed by atoms with Gasteiger partial charge in [-0.25, -0.2) is 14.8 Å². The molecule has 0 bridgehead atoms. The van der Waals surface area contributed by atoms with Gasteiger partial charge in [-0.2, -0.15) is 0 Å². The molecule has 1 saturated heterocycles. The summed E-state index contributed by atoms with van der Waals surface area (Å²) in [5, 5.41) is 10.0. The molecule has 3 aliphatic rings. The van der Waals surface area contributed by atoms with E-state index >= 15 is 0 Å². The van der Waals surface area contributed by atoms with E-state index in [1.54, 1.807) is 24.5 Å². The predicted octanol–water partition coefficient (Wildman–Crippen LogP) is 7.03. The van der Waals surface area contributed by atoms with Gasteiger partial charge in [0.1, 0.15) is 29.6 Å². The van der Waals surface area contributed by atoms with E-state index in [4.69, 9.17) is 23.9 Å². The molecule has 0 spiro atoms. The topological polar surface area (TPSA) is 131 Å². The average molecular weight is 674 g/mol.